The Hall–Kier alpha value is -2.19. The Morgan fingerprint density at radius 3 is 3.08 bits per heavy atom. The molecule has 0 radical (unpaired) electrons. The lowest BCUT2D eigenvalue weighted by Crippen LogP contribution is -2.36. The molecule has 0 saturated carbocycles. The molecule has 1 N–H and O–H groups in total. The first-order valence-corrected chi connectivity index (χ1v) is 9.68. The van der Waals surface area contributed by atoms with Gasteiger partial charge in [0.1, 0.15) is 5.82 Å². The smallest absolute Gasteiger partial charge is 0.233 e. The van der Waals surface area contributed by atoms with Crippen LogP contribution in [0.25, 0.3) is 16.6 Å². The van der Waals surface area contributed by atoms with E-state index >= 15 is 0 Å². The van der Waals surface area contributed by atoms with Gasteiger partial charge in [-0.1, -0.05) is 23.9 Å². The fourth-order valence-electron chi connectivity index (χ4n) is 3.08. The molecule has 0 aliphatic carbocycles. The summed E-state index contributed by atoms with van der Waals surface area (Å²) in [4.78, 5) is 21.7. The predicted molar refractivity (Wildman–Crippen MR) is 100 cm³/mol. The van der Waals surface area contributed by atoms with E-state index in [0.29, 0.717) is 17.5 Å². The van der Waals surface area contributed by atoms with Crippen LogP contribution in [0.3, 0.4) is 0 Å². The number of thioether (sulfide) groups is 1. The second kappa shape index (κ2) is 7.20. The zero-order chi connectivity index (χ0) is 18.1. The number of carbonyl (C=O) groups excluding carboxylic acids is 1. The molecular weight excluding hydrogens is 350 g/mol. The Morgan fingerprint density at radius 1 is 1.42 bits per heavy atom. The van der Waals surface area contributed by atoms with Crippen molar-refractivity contribution in [3.63, 3.8) is 0 Å². The van der Waals surface area contributed by atoms with Gasteiger partial charge in [0.15, 0.2) is 10.8 Å². The van der Waals surface area contributed by atoms with E-state index < -0.39 is 0 Å². The second-order valence-electron chi connectivity index (χ2n) is 6.45. The van der Waals surface area contributed by atoms with Crippen molar-refractivity contribution in [2.45, 2.75) is 43.2 Å². The standard InChI is InChI=1S/C18H21N5O2S/c1-11(17(24)19-10-13-6-5-9-25-13)26-18-21-15-8-4-3-7-14(15)16-20-12(2)22-23(16)18/h3-4,7-8,11,13H,5-6,9-10H2,1-2H3,(H,19,24)/t11-,13-/m1/s1. The molecule has 3 aromatic rings. The van der Waals surface area contributed by atoms with E-state index in [-0.39, 0.29) is 17.3 Å². The van der Waals surface area contributed by atoms with E-state index in [1.807, 2.05) is 38.1 Å². The van der Waals surface area contributed by atoms with Crippen molar-refractivity contribution in [3.8, 4) is 0 Å². The minimum absolute atomic E-state index is 0.0227. The van der Waals surface area contributed by atoms with E-state index in [4.69, 9.17) is 9.72 Å². The Labute approximate surface area is 155 Å². The van der Waals surface area contributed by atoms with Crippen LogP contribution < -0.4 is 5.32 Å². The van der Waals surface area contributed by atoms with E-state index in [9.17, 15) is 4.79 Å². The normalized spacial score (nSPS) is 18.5. The van der Waals surface area contributed by atoms with Gasteiger partial charge < -0.3 is 10.1 Å². The van der Waals surface area contributed by atoms with Crippen LogP contribution in [0, 0.1) is 6.92 Å². The maximum atomic E-state index is 12.4. The number of hydrogen-bond acceptors (Lipinski definition) is 6. The molecule has 0 unspecified atom stereocenters. The van der Waals surface area contributed by atoms with Crippen molar-refractivity contribution in [2.75, 3.05) is 13.2 Å². The minimum atomic E-state index is -0.294. The highest BCUT2D eigenvalue weighted by Crippen LogP contribution is 2.26. The average molecular weight is 371 g/mol. The van der Waals surface area contributed by atoms with Crippen LogP contribution >= 0.6 is 11.8 Å². The van der Waals surface area contributed by atoms with Crippen molar-refractivity contribution >= 4 is 34.2 Å². The van der Waals surface area contributed by atoms with Gasteiger partial charge in [-0.05, 0) is 38.8 Å². The van der Waals surface area contributed by atoms with Crippen LogP contribution in [0.15, 0.2) is 29.4 Å². The highest BCUT2D eigenvalue weighted by atomic mass is 32.2. The summed E-state index contributed by atoms with van der Waals surface area (Å²) in [5, 5.41) is 8.76. The molecule has 2 atom stereocenters. The van der Waals surface area contributed by atoms with Gasteiger partial charge in [0.05, 0.1) is 16.9 Å². The number of benzene rings is 1. The van der Waals surface area contributed by atoms with Crippen LogP contribution in [-0.4, -0.2) is 50.0 Å². The highest BCUT2D eigenvalue weighted by Gasteiger charge is 2.21. The van der Waals surface area contributed by atoms with Gasteiger partial charge in [0.2, 0.25) is 5.91 Å². The van der Waals surface area contributed by atoms with Gasteiger partial charge in [-0.3, -0.25) is 4.79 Å². The summed E-state index contributed by atoms with van der Waals surface area (Å²) < 4.78 is 7.28. The zero-order valence-electron chi connectivity index (χ0n) is 14.8. The number of amides is 1. The third kappa shape index (κ3) is 3.39. The van der Waals surface area contributed by atoms with Crippen molar-refractivity contribution in [3.05, 3.63) is 30.1 Å². The number of rotatable bonds is 5. The molecule has 1 amide bonds. The minimum Gasteiger partial charge on any atom is -0.376 e. The number of ether oxygens (including phenoxy) is 1. The van der Waals surface area contributed by atoms with Gasteiger partial charge in [-0.25, -0.2) is 9.97 Å². The summed E-state index contributed by atoms with van der Waals surface area (Å²) in [6, 6.07) is 7.84. The highest BCUT2D eigenvalue weighted by molar-refractivity contribution is 8.00. The number of nitrogens with zero attached hydrogens (tertiary/aromatic N) is 4. The average Bonchev–Trinajstić information content (AvgIpc) is 3.29. The lowest BCUT2D eigenvalue weighted by Gasteiger charge is -2.15. The molecule has 4 rings (SSSR count). The molecule has 7 nitrogen and oxygen atoms in total. The fraction of sp³-hybridized carbons (Fsp3) is 0.444. The molecule has 1 fully saturated rings. The molecular formula is C18H21N5O2S. The molecule has 2 aromatic heterocycles. The quantitative estimate of drug-likeness (QED) is 0.548. The summed E-state index contributed by atoms with van der Waals surface area (Å²) in [6.45, 7) is 5.08. The first kappa shape index (κ1) is 17.2. The lowest BCUT2D eigenvalue weighted by atomic mass is 10.2. The van der Waals surface area contributed by atoms with E-state index in [0.717, 1.165) is 36.0 Å². The maximum absolute atomic E-state index is 12.4. The first-order valence-electron chi connectivity index (χ1n) is 8.80. The Balaban J connectivity index is 1.56. The summed E-state index contributed by atoms with van der Waals surface area (Å²) >= 11 is 1.39. The summed E-state index contributed by atoms with van der Waals surface area (Å²) in [6.07, 6.45) is 2.21. The van der Waals surface area contributed by atoms with Crippen molar-refractivity contribution in [1.82, 2.24) is 24.9 Å². The first-order chi connectivity index (χ1) is 12.6. The van der Waals surface area contributed by atoms with Crippen LogP contribution in [-0.2, 0) is 9.53 Å². The molecule has 8 heteroatoms. The number of para-hydroxylation sites is 1. The molecule has 0 bridgehead atoms. The number of fused-ring (bicyclic) bond motifs is 3. The van der Waals surface area contributed by atoms with Gasteiger partial charge in [-0.15, -0.1) is 5.10 Å². The summed E-state index contributed by atoms with van der Waals surface area (Å²) in [5.41, 5.74) is 1.62. The van der Waals surface area contributed by atoms with Crippen LogP contribution in [0.1, 0.15) is 25.6 Å². The van der Waals surface area contributed by atoms with Gasteiger partial charge in [0.25, 0.3) is 0 Å². The number of carbonyl (C=O) groups is 1. The second-order valence-corrected chi connectivity index (χ2v) is 7.75. The van der Waals surface area contributed by atoms with E-state index in [1.54, 1.807) is 4.52 Å². The molecule has 1 aliphatic rings. The molecule has 1 aromatic carbocycles. The topological polar surface area (TPSA) is 81.4 Å². The van der Waals surface area contributed by atoms with E-state index in [1.165, 1.54) is 11.8 Å². The van der Waals surface area contributed by atoms with Crippen molar-refractivity contribution in [1.29, 1.82) is 0 Å². The molecule has 26 heavy (non-hydrogen) atoms. The molecule has 3 heterocycles. The number of nitrogens with one attached hydrogen (secondary N) is 1. The molecule has 1 aliphatic heterocycles. The van der Waals surface area contributed by atoms with Gasteiger partial charge >= 0.3 is 0 Å². The number of aromatic nitrogens is 4. The van der Waals surface area contributed by atoms with E-state index in [2.05, 4.69) is 15.4 Å². The zero-order valence-corrected chi connectivity index (χ0v) is 15.6. The third-order valence-corrected chi connectivity index (χ3v) is 5.48. The Bertz CT molecular complexity index is 951. The number of hydrogen-bond donors (Lipinski definition) is 1. The van der Waals surface area contributed by atoms with Crippen molar-refractivity contribution < 1.29 is 9.53 Å². The Morgan fingerprint density at radius 2 is 2.27 bits per heavy atom. The SMILES string of the molecule is Cc1nc2c3ccccc3nc(S[C@H](C)C(=O)NC[C@H]3CCCO3)n2n1. The predicted octanol–water partition coefficient (Wildman–Crippen LogP) is 2.36. The third-order valence-electron chi connectivity index (χ3n) is 4.43. The lowest BCUT2D eigenvalue weighted by molar-refractivity contribution is -0.120. The van der Waals surface area contributed by atoms with Crippen molar-refractivity contribution in [2.24, 2.45) is 0 Å². The monoisotopic (exact) mass is 371 g/mol. The van der Waals surface area contributed by atoms with Crippen LogP contribution in [0.2, 0.25) is 0 Å². The van der Waals surface area contributed by atoms with Crippen LogP contribution in [0.5, 0.6) is 0 Å². The largest absolute Gasteiger partial charge is 0.376 e. The summed E-state index contributed by atoms with van der Waals surface area (Å²) in [5.74, 6) is 0.658. The molecule has 0 spiro atoms. The molecule has 136 valence electrons. The van der Waals surface area contributed by atoms with Crippen LogP contribution in [0.4, 0.5) is 0 Å². The fourth-order valence-corrected chi connectivity index (χ4v) is 3.97. The number of aryl methyl sites for hydroxylation is 1. The van der Waals surface area contributed by atoms with Gasteiger partial charge in [0, 0.05) is 18.5 Å². The maximum Gasteiger partial charge on any atom is 0.233 e. The Kier molecular flexibility index (Phi) is 4.78. The molecule has 1 saturated heterocycles. The van der Waals surface area contributed by atoms with Gasteiger partial charge in [-0.2, -0.15) is 4.52 Å². The summed E-state index contributed by atoms with van der Waals surface area (Å²) in [7, 11) is 0.